The maximum Gasteiger partial charge on any atom is 0.254 e. The van der Waals surface area contributed by atoms with Crippen molar-refractivity contribution in [3.63, 3.8) is 0 Å². The quantitative estimate of drug-likeness (QED) is 0.634. The molecule has 0 saturated carbocycles. The number of carbonyl (C=O) groups excluding carboxylic acids is 1. The number of nitrogens with zero attached hydrogens (tertiary/aromatic N) is 1. The SMILES string of the molecule is COc1ccc(Cl)cc1-c1cc2c(c(OC)c1)OCCN(C(=O)c1ccc(O)cc1)C2. The standard InChI is InChI=1S/C24H22ClNO5/c1-29-21-8-5-18(25)13-20(21)16-11-17-14-26(9-10-31-23(17)22(12-16)30-2)24(28)15-3-6-19(27)7-4-15/h3-8,11-13,27H,9-10,14H2,1-2H3. The van der Waals surface area contributed by atoms with Crippen LogP contribution in [0, 0.1) is 0 Å². The largest absolute Gasteiger partial charge is 0.508 e. The smallest absolute Gasteiger partial charge is 0.254 e. The fourth-order valence-corrected chi connectivity index (χ4v) is 3.83. The second-order valence-electron chi connectivity index (χ2n) is 7.13. The monoisotopic (exact) mass is 439 g/mol. The van der Waals surface area contributed by atoms with Gasteiger partial charge in [0.25, 0.3) is 5.91 Å². The summed E-state index contributed by atoms with van der Waals surface area (Å²) in [5.41, 5.74) is 2.98. The van der Waals surface area contributed by atoms with Gasteiger partial charge >= 0.3 is 0 Å². The van der Waals surface area contributed by atoms with Gasteiger partial charge in [-0.3, -0.25) is 4.79 Å². The van der Waals surface area contributed by atoms with Gasteiger partial charge in [-0.2, -0.15) is 0 Å². The van der Waals surface area contributed by atoms with E-state index in [1.165, 1.54) is 12.1 Å². The van der Waals surface area contributed by atoms with E-state index in [0.717, 1.165) is 16.7 Å². The molecule has 0 radical (unpaired) electrons. The van der Waals surface area contributed by atoms with Gasteiger partial charge in [-0.1, -0.05) is 11.6 Å². The minimum Gasteiger partial charge on any atom is -0.508 e. The Morgan fingerprint density at radius 1 is 1.03 bits per heavy atom. The summed E-state index contributed by atoms with van der Waals surface area (Å²) in [4.78, 5) is 14.8. The topological polar surface area (TPSA) is 68.2 Å². The first-order valence-electron chi connectivity index (χ1n) is 9.76. The number of ether oxygens (including phenoxy) is 3. The van der Waals surface area contributed by atoms with Gasteiger partial charge in [-0.15, -0.1) is 0 Å². The van der Waals surface area contributed by atoms with Crippen LogP contribution in [0.4, 0.5) is 0 Å². The summed E-state index contributed by atoms with van der Waals surface area (Å²) in [6, 6.07) is 15.5. The molecule has 1 aliphatic rings. The van der Waals surface area contributed by atoms with Crippen molar-refractivity contribution in [1.82, 2.24) is 4.90 Å². The van der Waals surface area contributed by atoms with Crippen LogP contribution in [-0.4, -0.2) is 43.3 Å². The number of aromatic hydroxyl groups is 1. The van der Waals surface area contributed by atoms with E-state index in [2.05, 4.69) is 0 Å². The zero-order valence-corrected chi connectivity index (χ0v) is 18.0. The molecule has 3 aromatic carbocycles. The lowest BCUT2D eigenvalue weighted by atomic mass is 10.00. The Hall–Kier alpha value is -3.38. The van der Waals surface area contributed by atoms with Crippen LogP contribution in [0.1, 0.15) is 15.9 Å². The molecule has 1 N–H and O–H groups in total. The molecule has 0 unspecified atom stereocenters. The third-order valence-electron chi connectivity index (χ3n) is 5.19. The maximum atomic E-state index is 13.0. The van der Waals surface area contributed by atoms with Crippen molar-refractivity contribution in [2.24, 2.45) is 0 Å². The second-order valence-corrected chi connectivity index (χ2v) is 7.57. The summed E-state index contributed by atoms with van der Waals surface area (Å²) >= 11 is 6.23. The minimum absolute atomic E-state index is 0.117. The number of fused-ring (bicyclic) bond motifs is 1. The molecule has 1 amide bonds. The Morgan fingerprint density at radius 3 is 2.48 bits per heavy atom. The highest BCUT2D eigenvalue weighted by Crippen LogP contribution is 2.41. The predicted molar refractivity (Wildman–Crippen MR) is 118 cm³/mol. The van der Waals surface area contributed by atoms with Crippen molar-refractivity contribution in [3.05, 3.63) is 70.7 Å². The number of hydrogen-bond donors (Lipinski definition) is 1. The molecule has 0 saturated heterocycles. The summed E-state index contributed by atoms with van der Waals surface area (Å²) in [5, 5.41) is 10.1. The molecular weight excluding hydrogens is 418 g/mol. The van der Waals surface area contributed by atoms with Crippen molar-refractivity contribution < 1.29 is 24.1 Å². The summed E-state index contributed by atoms with van der Waals surface area (Å²) < 4.78 is 17.1. The summed E-state index contributed by atoms with van der Waals surface area (Å²) in [6.45, 7) is 1.11. The van der Waals surface area contributed by atoms with Crippen molar-refractivity contribution in [1.29, 1.82) is 0 Å². The third kappa shape index (κ3) is 4.25. The van der Waals surface area contributed by atoms with Gasteiger partial charge < -0.3 is 24.2 Å². The highest BCUT2D eigenvalue weighted by atomic mass is 35.5. The molecule has 3 aromatic rings. The minimum atomic E-state index is -0.138. The average molecular weight is 440 g/mol. The summed E-state index contributed by atoms with van der Waals surface area (Å²) in [5.74, 6) is 1.85. The summed E-state index contributed by atoms with van der Waals surface area (Å²) in [7, 11) is 3.19. The van der Waals surface area contributed by atoms with Crippen LogP contribution in [0.2, 0.25) is 5.02 Å². The Kier molecular flexibility index (Phi) is 5.91. The van der Waals surface area contributed by atoms with Crippen LogP contribution in [0.3, 0.4) is 0 Å². The van der Waals surface area contributed by atoms with Crippen molar-refractivity contribution in [3.8, 4) is 34.1 Å². The fourth-order valence-electron chi connectivity index (χ4n) is 3.66. The molecule has 160 valence electrons. The molecule has 0 spiro atoms. The van der Waals surface area contributed by atoms with Gasteiger partial charge in [0.05, 0.1) is 20.8 Å². The lowest BCUT2D eigenvalue weighted by Crippen LogP contribution is -2.32. The van der Waals surface area contributed by atoms with Gasteiger partial charge in [-0.05, 0) is 60.2 Å². The van der Waals surface area contributed by atoms with Crippen LogP contribution in [0.5, 0.6) is 23.0 Å². The van der Waals surface area contributed by atoms with E-state index in [1.807, 2.05) is 24.3 Å². The number of methoxy groups -OCH3 is 2. The first kappa shape index (κ1) is 20.9. The first-order chi connectivity index (χ1) is 15.0. The molecule has 0 aliphatic carbocycles. The van der Waals surface area contributed by atoms with E-state index in [0.29, 0.717) is 47.5 Å². The van der Waals surface area contributed by atoms with Gasteiger partial charge in [-0.25, -0.2) is 0 Å². The molecule has 1 aliphatic heterocycles. The molecule has 1 heterocycles. The van der Waals surface area contributed by atoms with E-state index in [1.54, 1.807) is 37.3 Å². The number of hydrogen-bond acceptors (Lipinski definition) is 5. The zero-order valence-electron chi connectivity index (χ0n) is 17.2. The van der Waals surface area contributed by atoms with E-state index in [-0.39, 0.29) is 11.7 Å². The molecule has 0 atom stereocenters. The normalized spacial score (nSPS) is 13.1. The number of carbonyl (C=O) groups is 1. The number of phenolic OH excluding ortho intramolecular Hbond substituents is 1. The Morgan fingerprint density at radius 2 is 1.77 bits per heavy atom. The Balaban J connectivity index is 1.75. The number of rotatable bonds is 4. The van der Waals surface area contributed by atoms with Crippen molar-refractivity contribution >= 4 is 17.5 Å². The van der Waals surface area contributed by atoms with Crippen LogP contribution >= 0.6 is 11.6 Å². The number of phenols is 1. The number of amides is 1. The van der Waals surface area contributed by atoms with Gasteiger partial charge in [0.1, 0.15) is 18.1 Å². The van der Waals surface area contributed by atoms with E-state index in [9.17, 15) is 9.90 Å². The van der Waals surface area contributed by atoms with E-state index < -0.39 is 0 Å². The molecule has 0 aromatic heterocycles. The van der Waals surface area contributed by atoms with Crippen LogP contribution in [0.25, 0.3) is 11.1 Å². The van der Waals surface area contributed by atoms with Crippen molar-refractivity contribution in [2.45, 2.75) is 6.54 Å². The Bertz CT molecular complexity index is 1110. The van der Waals surface area contributed by atoms with Gasteiger partial charge in [0.15, 0.2) is 11.5 Å². The van der Waals surface area contributed by atoms with Crippen LogP contribution in [0.15, 0.2) is 54.6 Å². The molecule has 4 rings (SSSR count). The van der Waals surface area contributed by atoms with E-state index >= 15 is 0 Å². The fraction of sp³-hybridized carbons (Fsp3) is 0.208. The number of benzene rings is 3. The van der Waals surface area contributed by atoms with Crippen LogP contribution in [-0.2, 0) is 6.54 Å². The predicted octanol–water partition coefficient (Wildman–Crippen LogP) is 4.76. The molecule has 0 bridgehead atoms. The average Bonchev–Trinajstić information content (AvgIpc) is 3.01. The lowest BCUT2D eigenvalue weighted by molar-refractivity contribution is 0.0733. The second kappa shape index (κ2) is 8.78. The third-order valence-corrected chi connectivity index (χ3v) is 5.43. The summed E-state index contributed by atoms with van der Waals surface area (Å²) in [6.07, 6.45) is 0. The van der Waals surface area contributed by atoms with E-state index in [4.69, 9.17) is 25.8 Å². The molecule has 6 nitrogen and oxygen atoms in total. The zero-order chi connectivity index (χ0) is 22.0. The number of halogens is 1. The maximum absolute atomic E-state index is 13.0. The molecule has 0 fully saturated rings. The molecule has 31 heavy (non-hydrogen) atoms. The molecular formula is C24H22ClNO5. The molecule has 7 heteroatoms. The highest BCUT2D eigenvalue weighted by Gasteiger charge is 2.25. The van der Waals surface area contributed by atoms with Gasteiger partial charge in [0, 0.05) is 28.3 Å². The lowest BCUT2D eigenvalue weighted by Gasteiger charge is -2.20. The Labute approximate surface area is 185 Å². The highest BCUT2D eigenvalue weighted by molar-refractivity contribution is 6.31. The first-order valence-corrected chi connectivity index (χ1v) is 10.1. The van der Waals surface area contributed by atoms with Crippen LogP contribution < -0.4 is 14.2 Å². The van der Waals surface area contributed by atoms with Crippen molar-refractivity contribution in [2.75, 3.05) is 27.4 Å². The van der Waals surface area contributed by atoms with Gasteiger partial charge in [0.2, 0.25) is 0 Å².